The SMILES string of the molecule is Cc1cccn2c(C(C)(C)NC(=O)[C@@H]3CN(C(=O)OC(C)(C)C)CCN3CC3CC(F)(F)C3)nc(C)c12. The summed E-state index contributed by atoms with van der Waals surface area (Å²) in [6.45, 7) is 14.4. The Kier molecular flexibility index (Phi) is 7.03. The van der Waals surface area contributed by atoms with E-state index in [1.54, 1.807) is 20.8 Å². The fourth-order valence-electron chi connectivity index (χ4n) is 5.43. The predicted octanol–water partition coefficient (Wildman–Crippen LogP) is 4.27. The highest BCUT2D eigenvalue weighted by Gasteiger charge is 2.47. The summed E-state index contributed by atoms with van der Waals surface area (Å²) >= 11 is 0. The fourth-order valence-corrected chi connectivity index (χ4v) is 5.43. The Morgan fingerprint density at radius 1 is 1.16 bits per heavy atom. The topological polar surface area (TPSA) is 79.2 Å². The number of nitrogens with one attached hydrogen (secondary N) is 1. The molecule has 0 aromatic carbocycles. The van der Waals surface area contributed by atoms with E-state index in [-0.39, 0.29) is 31.2 Å². The number of rotatable bonds is 5. The molecule has 1 atom stereocenters. The minimum Gasteiger partial charge on any atom is -0.444 e. The second-order valence-electron chi connectivity index (χ2n) is 12.1. The first-order chi connectivity index (χ1) is 17.1. The van der Waals surface area contributed by atoms with Crippen molar-refractivity contribution in [2.75, 3.05) is 26.2 Å². The second-order valence-corrected chi connectivity index (χ2v) is 12.1. The van der Waals surface area contributed by atoms with Gasteiger partial charge in [-0.1, -0.05) is 6.07 Å². The van der Waals surface area contributed by atoms with Crippen LogP contribution in [0.4, 0.5) is 13.6 Å². The Labute approximate surface area is 217 Å². The lowest BCUT2D eigenvalue weighted by Crippen LogP contribution is -2.63. The van der Waals surface area contributed by atoms with Gasteiger partial charge in [0.25, 0.3) is 0 Å². The summed E-state index contributed by atoms with van der Waals surface area (Å²) in [4.78, 5) is 34.8. The Balaban J connectivity index is 1.56. The number of alkyl halides is 2. The molecule has 1 saturated carbocycles. The lowest BCUT2D eigenvalue weighted by molar-refractivity contribution is -0.136. The first-order valence-electron chi connectivity index (χ1n) is 12.9. The minimum atomic E-state index is -2.62. The lowest BCUT2D eigenvalue weighted by atomic mass is 9.80. The summed E-state index contributed by atoms with van der Waals surface area (Å²) in [5, 5.41) is 3.14. The van der Waals surface area contributed by atoms with Crippen molar-refractivity contribution in [3.8, 4) is 0 Å². The van der Waals surface area contributed by atoms with Crippen molar-refractivity contribution in [1.82, 2.24) is 24.5 Å². The van der Waals surface area contributed by atoms with Gasteiger partial charge in [-0.05, 0) is 66.0 Å². The molecule has 8 nitrogen and oxygen atoms in total. The van der Waals surface area contributed by atoms with E-state index in [4.69, 9.17) is 9.72 Å². The third-order valence-corrected chi connectivity index (χ3v) is 7.15. The number of aromatic nitrogens is 2. The zero-order chi connectivity index (χ0) is 27.3. The van der Waals surface area contributed by atoms with Gasteiger partial charge in [0.15, 0.2) is 0 Å². The van der Waals surface area contributed by atoms with Crippen molar-refractivity contribution in [3.63, 3.8) is 0 Å². The highest BCUT2D eigenvalue weighted by molar-refractivity contribution is 5.84. The number of carbonyl (C=O) groups is 2. The van der Waals surface area contributed by atoms with Gasteiger partial charge in [-0.15, -0.1) is 0 Å². The van der Waals surface area contributed by atoms with Gasteiger partial charge in [0.05, 0.1) is 16.7 Å². The van der Waals surface area contributed by atoms with Crippen molar-refractivity contribution in [2.45, 2.75) is 84.4 Å². The summed E-state index contributed by atoms with van der Waals surface area (Å²) in [6, 6.07) is 3.28. The van der Waals surface area contributed by atoms with Crippen LogP contribution in [0.15, 0.2) is 18.3 Å². The van der Waals surface area contributed by atoms with E-state index in [1.807, 2.05) is 55.3 Å². The zero-order valence-electron chi connectivity index (χ0n) is 22.9. The Morgan fingerprint density at radius 2 is 1.84 bits per heavy atom. The van der Waals surface area contributed by atoms with Crippen molar-refractivity contribution in [1.29, 1.82) is 0 Å². The van der Waals surface area contributed by atoms with Gasteiger partial charge >= 0.3 is 6.09 Å². The molecule has 2 aliphatic rings. The molecule has 2 amide bonds. The maximum atomic E-state index is 13.8. The Bertz CT molecular complexity index is 1180. The van der Waals surface area contributed by atoms with Crippen LogP contribution in [0.1, 0.15) is 64.5 Å². The number of nitrogens with zero attached hydrogens (tertiary/aromatic N) is 4. The molecular formula is C27H39F2N5O3. The Hall–Kier alpha value is -2.75. The molecule has 0 spiro atoms. The summed E-state index contributed by atoms with van der Waals surface area (Å²) in [5.74, 6) is -2.37. The number of carbonyl (C=O) groups excluding carboxylic acids is 2. The average molecular weight is 520 g/mol. The molecule has 2 fully saturated rings. The molecule has 204 valence electrons. The molecule has 1 saturated heterocycles. The van der Waals surface area contributed by atoms with Crippen LogP contribution in [0.2, 0.25) is 0 Å². The van der Waals surface area contributed by atoms with Crippen LogP contribution in [0.5, 0.6) is 0 Å². The van der Waals surface area contributed by atoms with Crippen LogP contribution >= 0.6 is 0 Å². The maximum Gasteiger partial charge on any atom is 0.410 e. The molecule has 4 rings (SSSR count). The van der Waals surface area contributed by atoms with Gasteiger partial charge in [-0.2, -0.15) is 0 Å². The van der Waals surface area contributed by atoms with E-state index in [2.05, 4.69) is 5.32 Å². The van der Waals surface area contributed by atoms with Crippen LogP contribution in [0.3, 0.4) is 0 Å². The number of hydrogen-bond acceptors (Lipinski definition) is 5. The smallest absolute Gasteiger partial charge is 0.410 e. The quantitative estimate of drug-likeness (QED) is 0.638. The number of halogens is 2. The number of piperazine rings is 1. The molecule has 3 heterocycles. The molecule has 0 unspecified atom stereocenters. The van der Waals surface area contributed by atoms with Crippen molar-refractivity contribution in [3.05, 3.63) is 35.4 Å². The summed E-state index contributed by atoms with van der Waals surface area (Å²) in [7, 11) is 0. The summed E-state index contributed by atoms with van der Waals surface area (Å²) < 4.78 is 34.6. The first-order valence-corrected chi connectivity index (χ1v) is 12.9. The molecule has 0 bridgehead atoms. The molecule has 1 N–H and O–H groups in total. The van der Waals surface area contributed by atoms with Crippen LogP contribution in [-0.4, -0.2) is 74.9 Å². The molecule has 37 heavy (non-hydrogen) atoms. The maximum absolute atomic E-state index is 13.8. The summed E-state index contributed by atoms with van der Waals surface area (Å²) in [6.07, 6.45) is 1.11. The van der Waals surface area contributed by atoms with Gasteiger partial charge < -0.3 is 19.4 Å². The van der Waals surface area contributed by atoms with E-state index in [1.165, 1.54) is 4.90 Å². The number of amides is 2. The van der Waals surface area contributed by atoms with Gasteiger partial charge in [-0.3, -0.25) is 9.69 Å². The van der Waals surface area contributed by atoms with Crippen molar-refractivity contribution in [2.24, 2.45) is 5.92 Å². The molecule has 1 aliphatic carbocycles. The number of imidazole rings is 1. The number of hydrogen-bond donors (Lipinski definition) is 1. The average Bonchev–Trinajstić information content (AvgIpc) is 3.10. The van der Waals surface area contributed by atoms with Crippen molar-refractivity contribution < 1.29 is 23.1 Å². The van der Waals surface area contributed by atoms with Crippen molar-refractivity contribution >= 4 is 17.5 Å². The standard InChI is InChI=1S/C27H39F2N5O3/c1-17-9-8-10-34-21(17)18(2)30-23(34)26(6,7)31-22(35)20-16-33(24(36)37-25(3,4)5)12-11-32(20)15-19-13-27(28,29)14-19/h8-10,19-20H,11-16H2,1-7H3,(H,31,35)/t20-/m0/s1. The largest absolute Gasteiger partial charge is 0.444 e. The minimum absolute atomic E-state index is 0.125. The van der Waals surface area contributed by atoms with Crippen LogP contribution in [0.25, 0.3) is 5.52 Å². The van der Waals surface area contributed by atoms with E-state index in [0.717, 1.165) is 16.8 Å². The number of aryl methyl sites for hydroxylation is 2. The van der Waals surface area contributed by atoms with Gasteiger partial charge in [-0.25, -0.2) is 18.6 Å². The lowest BCUT2D eigenvalue weighted by Gasteiger charge is -2.45. The van der Waals surface area contributed by atoms with Gasteiger partial charge in [0.1, 0.15) is 17.5 Å². The van der Waals surface area contributed by atoms with Crippen LogP contribution < -0.4 is 5.32 Å². The predicted molar refractivity (Wildman–Crippen MR) is 137 cm³/mol. The molecule has 10 heteroatoms. The van der Waals surface area contributed by atoms with E-state index >= 15 is 0 Å². The third-order valence-electron chi connectivity index (χ3n) is 7.15. The zero-order valence-corrected chi connectivity index (χ0v) is 22.9. The normalized spacial score (nSPS) is 21.1. The van der Waals surface area contributed by atoms with Crippen LogP contribution in [-0.2, 0) is 15.1 Å². The number of fused-ring (bicyclic) bond motifs is 1. The van der Waals surface area contributed by atoms with Gasteiger partial charge in [0, 0.05) is 45.2 Å². The first kappa shape index (κ1) is 27.3. The highest BCUT2D eigenvalue weighted by atomic mass is 19.3. The fraction of sp³-hybridized carbons (Fsp3) is 0.667. The molecular weight excluding hydrogens is 480 g/mol. The number of ether oxygens (including phenoxy) is 1. The van der Waals surface area contributed by atoms with E-state index in [9.17, 15) is 18.4 Å². The third kappa shape index (κ3) is 5.89. The van der Waals surface area contributed by atoms with Gasteiger partial charge in [0.2, 0.25) is 11.8 Å². The highest BCUT2D eigenvalue weighted by Crippen LogP contribution is 2.43. The second kappa shape index (κ2) is 9.53. The molecule has 1 aliphatic heterocycles. The monoisotopic (exact) mass is 519 g/mol. The van der Waals surface area contributed by atoms with E-state index in [0.29, 0.717) is 25.5 Å². The van der Waals surface area contributed by atoms with Crippen LogP contribution in [0, 0.1) is 19.8 Å². The molecule has 2 aromatic heterocycles. The molecule has 0 radical (unpaired) electrons. The summed E-state index contributed by atoms with van der Waals surface area (Å²) in [5.41, 5.74) is 1.47. The van der Waals surface area contributed by atoms with E-state index < -0.39 is 29.2 Å². The number of pyridine rings is 1. The Morgan fingerprint density at radius 3 is 2.46 bits per heavy atom. The molecule has 2 aromatic rings.